The predicted octanol–water partition coefficient (Wildman–Crippen LogP) is 3.70. The van der Waals surface area contributed by atoms with Gasteiger partial charge in [-0.2, -0.15) is 4.98 Å². The number of rotatable bonds is 4. The third kappa shape index (κ3) is 3.01. The predicted molar refractivity (Wildman–Crippen MR) is 94.5 cm³/mol. The SMILES string of the molecule is Cc1noc(Cc2ccccc2NC(=O)c2c[nH]c3ccccc23)n1. The van der Waals surface area contributed by atoms with Gasteiger partial charge in [-0.05, 0) is 24.6 Å². The van der Waals surface area contributed by atoms with Gasteiger partial charge in [0.15, 0.2) is 5.82 Å². The van der Waals surface area contributed by atoms with Crippen LogP contribution in [-0.2, 0) is 6.42 Å². The standard InChI is InChI=1S/C19H16N4O2/c1-12-21-18(25-23-12)10-13-6-2-4-8-16(13)22-19(24)15-11-20-17-9-5-3-7-14(15)17/h2-9,11,20H,10H2,1H3,(H,22,24). The first-order chi connectivity index (χ1) is 12.2. The lowest BCUT2D eigenvalue weighted by atomic mass is 10.1. The number of amides is 1. The Hall–Kier alpha value is -3.41. The van der Waals surface area contributed by atoms with Crippen molar-refractivity contribution in [3.63, 3.8) is 0 Å². The van der Waals surface area contributed by atoms with Crippen LogP contribution >= 0.6 is 0 Å². The molecule has 0 radical (unpaired) electrons. The third-order valence-electron chi connectivity index (χ3n) is 4.01. The Kier molecular flexibility index (Phi) is 3.78. The number of anilines is 1. The molecule has 0 aliphatic rings. The van der Waals surface area contributed by atoms with Crippen molar-refractivity contribution < 1.29 is 9.32 Å². The fraction of sp³-hybridized carbons (Fsp3) is 0.105. The van der Waals surface area contributed by atoms with Crippen LogP contribution in [0.3, 0.4) is 0 Å². The van der Waals surface area contributed by atoms with E-state index in [1.165, 1.54) is 0 Å². The molecular weight excluding hydrogens is 316 g/mol. The van der Waals surface area contributed by atoms with Gasteiger partial charge < -0.3 is 14.8 Å². The highest BCUT2D eigenvalue weighted by Gasteiger charge is 2.14. The summed E-state index contributed by atoms with van der Waals surface area (Å²) >= 11 is 0. The Morgan fingerprint density at radius 1 is 1.16 bits per heavy atom. The number of aromatic nitrogens is 3. The van der Waals surface area contributed by atoms with E-state index in [0.717, 1.165) is 22.2 Å². The summed E-state index contributed by atoms with van der Waals surface area (Å²) in [6.07, 6.45) is 2.19. The number of para-hydroxylation sites is 2. The number of nitrogens with zero attached hydrogens (tertiary/aromatic N) is 2. The summed E-state index contributed by atoms with van der Waals surface area (Å²) < 4.78 is 5.18. The number of benzene rings is 2. The molecule has 4 rings (SSSR count). The van der Waals surface area contributed by atoms with Gasteiger partial charge in [-0.3, -0.25) is 4.79 Å². The molecule has 0 aliphatic heterocycles. The summed E-state index contributed by atoms with van der Waals surface area (Å²) in [7, 11) is 0. The molecule has 0 atom stereocenters. The Balaban J connectivity index is 1.61. The van der Waals surface area contributed by atoms with Gasteiger partial charge in [-0.1, -0.05) is 41.6 Å². The molecule has 0 spiro atoms. The van der Waals surface area contributed by atoms with Crippen molar-refractivity contribution in [3.8, 4) is 0 Å². The molecule has 0 bridgehead atoms. The molecule has 0 aliphatic carbocycles. The number of carbonyl (C=O) groups excluding carboxylic acids is 1. The van der Waals surface area contributed by atoms with Crippen molar-refractivity contribution in [2.45, 2.75) is 13.3 Å². The van der Waals surface area contributed by atoms with Crippen LogP contribution in [0.1, 0.15) is 27.6 Å². The van der Waals surface area contributed by atoms with Crippen LogP contribution in [0.15, 0.2) is 59.3 Å². The molecule has 0 saturated heterocycles. The smallest absolute Gasteiger partial charge is 0.257 e. The zero-order valence-electron chi connectivity index (χ0n) is 13.6. The van der Waals surface area contributed by atoms with Crippen LogP contribution in [-0.4, -0.2) is 21.0 Å². The molecule has 0 saturated carbocycles. The maximum absolute atomic E-state index is 12.7. The molecular formula is C19H16N4O2. The van der Waals surface area contributed by atoms with Gasteiger partial charge >= 0.3 is 0 Å². The summed E-state index contributed by atoms with van der Waals surface area (Å²) in [5, 5.41) is 7.68. The van der Waals surface area contributed by atoms with Gasteiger partial charge in [-0.15, -0.1) is 0 Å². The molecule has 6 heteroatoms. The first-order valence-corrected chi connectivity index (χ1v) is 7.95. The van der Waals surface area contributed by atoms with Crippen LogP contribution < -0.4 is 5.32 Å². The lowest BCUT2D eigenvalue weighted by molar-refractivity contribution is 0.102. The summed E-state index contributed by atoms with van der Waals surface area (Å²) in [4.78, 5) is 20.1. The first-order valence-electron chi connectivity index (χ1n) is 7.95. The topological polar surface area (TPSA) is 83.8 Å². The largest absolute Gasteiger partial charge is 0.360 e. The van der Waals surface area contributed by atoms with E-state index in [9.17, 15) is 4.79 Å². The number of hydrogen-bond acceptors (Lipinski definition) is 4. The Bertz CT molecular complexity index is 1050. The second kappa shape index (κ2) is 6.24. The van der Waals surface area contributed by atoms with E-state index in [4.69, 9.17) is 4.52 Å². The zero-order valence-corrected chi connectivity index (χ0v) is 13.6. The van der Waals surface area contributed by atoms with Gasteiger partial charge in [0.05, 0.1) is 12.0 Å². The summed E-state index contributed by atoms with van der Waals surface area (Å²) in [6, 6.07) is 15.3. The second-order valence-corrected chi connectivity index (χ2v) is 5.77. The monoisotopic (exact) mass is 332 g/mol. The van der Waals surface area contributed by atoms with E-state index >= 15 is 0 Å². The molecule has 6 nitrogen and oxygen atoms in total. The van der Waals surface area contributed by atoms with E-state index in [1.807, 2.05) is 48.5 Å². The minimum absolute atomic E-state index is 0.161. The Labute approximate surface area is 143 Å². The number of aryl methyl sites for hydroxylation is 1. The van der Waals surface area contributed by atoms with Crippen LogP contribution in [0, 0.1) is 6.92 Å². The quantitative estimate of drug-likeness (QED) is 0.597. The number of fused-ring (bicyclic) bond motifs is 1. The van der Waals surface area contributed by atoms with E-state index in [-0.39, 0.29) is 5.91 Å². The normalized spacial score (nSPS) is 10.9. The molecule has 2 aromatic heterocycles. The van der Waals surface area contributed by atoms with Gasteiger partial charge in [0, 0.05) is 22.8 Å². The Morgan fingerprint density at radius 2 is 1.96 bits per heavy atom. The maximum atomic E-state index is 12.7. The molecule has 0 unspecified atom stereocenters. The maximum Gasteiger partial charge on any atom is 0.257 e. The van der Waals surface area contributed by atoms with Crippen molar-refractivity contribution in [2.24, 2.45) is 0 Å². The van der Waals surface area contributed by atoms with Crippen LogP contribution in [0.25, 0.3) is 10.9 Å². The number of H-pyrrole nitrogens is 1. The van der Waals surface area contributed by atoms with Gasteiger partial charge in [-0.25, -0.2) is 0 Å². The van der Waals surface area contributed by atoms with E-state index in [1.54, 1.807) is 13.1 Å². The highest BCUT2D eigenvalue weighted by atomic mass is 16.5. The summed E-state index contributed by atoms with van der Waals surface area (Å²) in [6.45, 7) is 1.78. The molecule has 1 amide bonds. The highest BCUT2D eigenvalue weighted by Crippen LogP contribution is 2.22. The zero-order chi connectivity index (χ0) is 17.2. The number of hydrogen-bond donors (Lipinski definition) is 2. The molecule has 2 N–H and O–H groups in total. The molecule has 0 fully saturated rings. The third-order valence-corrected chi connectivity index (χ3v) is 4.01. The highest BCUT2D eigenvalue weighted by molar-refractivity contribution is 6.13. The average Bonchev–Trinajstić information content (AvgIpc) is 3.23. The Morgan fingerprint density at radius 3 is 2.80 bits per heavy atom. The molecule has 25 heavy (non-hydrogen) atoms. The van der Waals surface area contributed by atoms with Crippen LogP contribution in [0.5, 0.6) is 0 Å². The summed E-state index contributed by atoms with van der Waals surface area (Å²) in [5.41, 5.74) is 3.19. The van der Waals surface area contributed by atoms with Crippen molar-refractivity contribution in [2.75, 3.05) is 5.32 Å². The van der Waals surface area contributed by atoms with E-state index < -0.39 is 0 Å². The average molecular weight is 332 g/mol. The van der Waals surface area contributed by atoms with Crippen molar-refractivity contribution >= 4 is 22.5 Å². The number of aromatic amines is 1. The second-order valence-electron chi connectivity index (χ2n) is 5.77. The van der Waals surface area contributed by atoms with Gasteiger partial charge in [0.2, 0.25) is 5.89 Å². The molecule has 4 aromatic rings. The van der Waals surface area contributed by atoms with Crippen molar-refractivity contribution in [1.29, 1.82) is 0 Å². The fourth-order valence-electron chi connectivity index (χ4n) is 2.82. The van der Waals surface area contributed by atoms with E-state index in [0.29, 0.717) is 23.7 Å². The molecule has 2 aromatic carbocycles. The molecule has 2 heterocycles. The van der Waals surface area contributed by atoms with Crippen molar-refractivity contribution in [3.05, 3.63) is 77.6 Å². The minimum atomic E-state index is -0.161. The van der Waals surface area contributed by atoms with Crippen LogP contribution in [0.4, 0.5) is 5.69 Å². The number of nitrogens with one attached hydrogen (secondary N) is 2. The lowest BCUT2D eigenvalue weighted by Gasteiger charge is -2.09. The van der Waals surface area contributed by atoms with E-state index in [2.05, 4.69) is 20.4 Å². The van der Waals surface area contributed by atoms with Crippen LogP contribution in [0.2, 0.25) is 0 Å². The van der Waals surface area contributed by atoms with Gasteiger partial charge in [0.25, 0.3) is 5.91 Å². The number of carbonyl (C=O) groups is 1. The first kappa shape index (κ1) is 15.1. The van der Waals surface area contributed by atoms with Gasteiger partial charge in [0.1, 0.15) is 0 Å². The lowest BCUT2D eigenvalue weighted by Crippen LogP contribution is -2.13. The fourth-order valence-corrected chi connectivity index (χ4v) is 2.82. The minimum Gasteiger partial charge on any atom is -0.360 e. The molecule has 124 valence electrons. The summed E-state index contributed by atoms with van der Waals surface area (Å²) in [5.74, 6) is 0.952. The van der Waals surface area contributed by atoms with Crippen molar-refractivity contribution in [1.82, 2.24) is 15.1 Å².